The molecule has 0 radical (unpaired) electrons. The molecule has 2 aliphatic carbocycles. The second-order valence-corrected chi connectivity index (χ2v) is 17.8. The number of hydrogen-bond donors (Lipinski definition) is 1. The molecule has 3 aliphatic rings. The molecule has 74 heavy (non-hydrogen) atoms. The number of unbranched alkanes of at least 4 members (excludes halogenated alkanes) is 3. The number of halogens is 4. The van der Waals surface area contributed by atoms with E-state index < -0.39 is 45.8 Å². The highest BCUT2D eigenvalue weighted by Crippen LogP contribution is 2.68. The summed E-state index contributed by atoms with van der Waals surface area (Å²) in [6, 6.07) is 15.4. The van der Waals surface area contributed by atoms with Gasteiger partial charge in [-0.1, -0.05) is 51.5 Å². The minimum Gasteiger partial charge on any atom is -0.496 e. The third kappa shape index (κ3) is 16.6. The van der Waals surface area contributed by atoms with Crippen LogP contribution >= 0.6 is 0 Å². The van der Waals surface area contributed by atoms with Gasteiger partial charge in [0.1, 0.15) is 11.5 Å². The minimum absolute atomic E-state index is 0.00905. The van der Waals surface area contributed by atoms with Gasteiger partial charge in [-0.3, -0.25) is 4.79 Å². The second-order valence-electron chi connectivity index (χ2n) is 17.8. The van der Waals surface area contributed by atoms with Gasteiger partial charge in [-0.05, 0) is 130 Å². The molecule has 3 fully saturated rings. The van der Waals surface area contributed by atoms with Crippen molar-refractivity contribution in [3.63, 3.8) is 0 Å². The zero-order valence-corrected chi connectivity index (χ0v) is 42.6. The summed E-state index contributed by atoms with van der Waals surface area (Å²) in [6.07, 6.45) is 0.899. The second kappa shape index (κ2) is 29.2. The lowest BCUT2D eigenvalue weighted by atomic mass is 9.66. The summed E-state index contributed by atoms with van der Waals surface area (Å²) >= 11 is 0. The monoisotopic (exact) mass is 1050 g/mol. The first-order valence-corrected chi connectivity index (χ1v) is 25.0. The number of carbonyl (C=O) groups is 3. The number of ether oxygens (including phenoxy) is 5. The number of amides is 3. The van der Waals surface area contributed by atoms with Crippen LogP contribution < -0.4 is 19.9 Å². The maximum Gasteiger partial charge on any atom is 0.416 e. The number of hydrogen-bond acceptors (Lipinski definition) is 14. The Morgan fingerprint density at radius 2 is 1.42 bits per heavy atom. The van der Waals surface area contributed by atoms with Crippen LogP contribution in [0.4, 0.5) is 27.2 Å². The molecule has 3 aromatic rings. The van der Waals surface area contributed by atoms with Crippen molar-refractivity contribution in [2.24, 2.45) is 17.1 Å². The van der Waals surface area contributed by atoms with E-state index in [9.17, 15) is 47.4 Å². The summed E-state index contributed by atoms with van der Waals surface area (Å²) in [6.45, 7) is 9.53. The molecular formula is C51H69F4N5O14. The third-order valence-electron chi connectivity index (χ3n) is 13.1. The fourth-order valence-corrected chi connectivity index (χ4v) is 10.0. The number of aryl methyl sites for hydroxylation is 1. The maximum atomic E-state index is 15.1. The van der Waals surface area contributed by atoms with E-state index in [4.69, 9.17) is 18.9 Å². The van der Waals surface area contributed by atoms with E-state index in [0.29, 0.717) is 70.0 Å². The summed E-state index contributed by atoms with van der Waals surface area (Å²) in [7, 11) is 1.62. The van der Waals surface area contributed by atoms with Gasteiger partial charge >= 0.3 is 18.4 Å². The topological polar surface area (TPSA) is 235 Å². The zero-order valence-electron chi connectivity index (χ0n) is 42.6. The smallest absolute Gasteiger partial charge is 0.416 e. The summed E-state index contributed by atoms with van der Waals surface area (Å²) in [4.78, 5) is 71.1. The lowest BCUT2D eigenvalue weighted by molar-refractivity contribution is -0.757. The molecule has 6 rings (SSSR count). The summed E-state index contributed by atoms with van der Waals surface area (Å²) < 4.78 is 79.6. The molecule has 3 aromatic carbocycles. The Kier molecular flexibility index (Phi) is 23.6. The van der Waals surface area contributed by atoms with Crippen molar-refractivity contribution in [2.45, 2.75) is 129 Å². The van der Waals surface area contributed by atoms with Crippen molar-refractivity contribution in [2.75, 3.05) is 53.3 Å². The third-order valence-corrected chi connectivity index (χ3v) is 13.1. The number of nitrogens with zero attached hydrogens (tertiary/aromatic N) is 4. The fourth-order valence-electron chi connectivity index (χ4n) is 10.0. The van der Waals surface area contributed by atoms with Crippen molar-refractivity contribution in [3.8, 4) is 17.2 Å². The largest absolute Gasteiger partial charge is 0.496 e. The Morgan fingerprint density at radius 1 is 0.824 bits per heavy atom. The van der Waals surface area contributed by atoms with Crippen LogP contribution in [-0.2, 0) is 36.7 Å². The Labute approximate surface area is 428 Å². The van der Waals surface area contributed by atoms with E-state index >= 15 is 4.79 Å². The number of primary amides is 1. The first-order chi connectivity index (χ1) is 35.4. The van der Waals surface area contributed by atoms with Gasteiger partial charge in [0.25, 0.3) is 10.2 Å². The van der Waals surface area contributed by atoms with Crippen molar-refractivity contribution in [3.05, 3.63) is 109 Å². The first-order valence-electron chi connectivity index (χ1n) is 25.0. The highest BCUT2D eigenvalue weighted by atomic mass is 19.4. The van der Waals surface area contributed by atoms with E-state index in [-0.39, 0.29) is 68.1 Å². The molecule has 1 aliphatic heterocycles. The fraction of sp³-hybridized carbons (Fsp3) is 0.588. The van der Waals surface area contributed by atoms with Crippen LogP contribution in [-0.4, -0.2) is 103 Å². The van der Waals surface area contributed by atoms with Gasteiger partial charge in [-0.25, -0.2) is 14.0 Å². The van der Waals surface area contributed by atoms with E-state index in [1.54, 1.807) is 12.0 Å². The number of nitrogens with two attached hydrogens (primary N) is 1. The molecule has 19 nitrogen and oxygen atoms in total. The van der Waals surface area contributed by atoms with Crippen LogP contribution in [0, 0.1) is 44.3 Å². The molecule has 0 bridgehead atoms. The molecule has 0 aromatic heterocycles. The normalized spacial score (nSPS) is 19.1. The predicted molar refractivity (Wildman–Crippen MR) is 261 cm³/mol. The van der Waals surface area contributed by atoms with Crippen molar-refractivity contribution < 1.29 is 75.5 Å². The molecule has 2 N–H and O–H groups in total. The van der Waals surface area contributed by atoms with Crippen LogP contribution in [0.15, 0.2) is 60.7 Å². The van der Waals surface area contributed by atoms with Crippen LogP contribution in [0.5, 0.6) is 17.2 Å². The van der Waals surface area contributed by atoms with Crippen molar-refractivity contribution in [1.29, 1.82) is 0 Å². The van der Waals surface area contributed by atoms with Gasteiger partial charge < -0.3 is 48.9 Å². The molecular weight excluding hydrogens is 983 g/mol. The maximum absolute atomic E-state index is 15.1. The highest BCUT2D eigenvalue weighted by molar-refractivity contribution is 5.84. The Hall–Kier alpha value is -6.81. The Morgan fingerprint density at radius 3 is 1.99 bits per heavy atom. The van der Waals surface area contributed by atoms with Gasteiger partial charge in [0.15, 0.2) is 11.6 Å². The first kappa shape index (κ1) is 59.8. The lowest BCUT2D eigenvalue weighted by Crippen LogP contribution is -2.71. The van der Waals surface area contributed by atoms with Gasteiger partial charge in [-0.2, -0.15) is 13.2 Å². The average molecular weight is 1050 g/mol. The lowest BCUT2D eigenvalue weighted by Gasteiger charge is -2.58. The molecule has 410 valence electrons. The van der Waals surface area contributed by atoms with E-state index in [2.05, 4.69) is 20.1 Å². The highest BCUT2D eigenvalue weighted by Gasteiger charge is 2.73. The van der Waals surface area contributed by atoms with Gasteiger partial charge in [0.2, 0.25) is 5.91 Å². The number of alkyl halides is 3. The van der Waals surface area contributed by atoms with Gasteiger partial charge in [-0.15, -0.1) is 20.2 Å². The molecule has 1 saturated heterocycles. The molecule has 2 saturated carbocycles. The van der Waals surface area contributed by atoms with Gasteiger partial charge in [0.05, 0.1) is 64.3 Å². The molecule has 5 unspecified atom stereocenters. The van der Waals surface area contributed by atoms with Crippen LogP contribution in [0.3, 0.4) is 0 Å². The molecule has 1 heterocycles. The number of benzene rings is 3. The van der Waals surface area contributed by atoms with Gasteiger partial charge in [0, 0.05) is 24.5 Å². The quantitative estimate of drug-likeness (QED) is 0.0341. The Balaban J connectivity index is 0.000000744. The summed E-state index contributed by atoms with van der Waals surface area (Å²) in [5.41, 5.74) is 6.25. The SMILES string of the molecule is CC.CCCN(Cc1ccc(OC)c(C)c1)C(=O)C1C(c2ccc(OCCCCOc3ccc(C(F)(F)F)cc3F)cc2)CC23CCCC2N(C(=O)OCCCCO[N+](=O)[O-])C13.NC(=O)OCCCCO[N+](=O)[O-]. The molecule has 3 amide bonds. The van der Waals surface area contributed by atoms with Crippen molar-refractivity contribution in [1.82, 2.24) is 9.80 Å². The molecule has 5 atom stereocenters. The molecule has 1 spiro atoms. The standard InChI is InChI=1S/C44H53F4N3O9.C5H10N2O5.C2H6/c1-4-20-49(28-30-11-17-36(56-3)29(2)25-30)41(52)39-34(27-43-19-9-10-38(43)50(40(39)43)42(53)59-23-7-8-24-60-51(54)55)31-12-15-33(16-13-31)57-21-5-6-22-58-37-18-14-32(26-35(37)45)44(46,47)48;6-5(8)11-3-1-2-4-12-7(9)10;1-2/h11-18,25-26,34,38-40H,4-10,19-24,27-28H2,1-3H3;1-4H2,(H2,6,8);1-2H3. The van der Waals surface area contributed by atoms with Crippen LogP contribution in [0.2, 0.25) is 0 Å². The van der Waals surface area contributed by atoms with Crippen LogP contribution in [0.25, 0.3) is 0 Å². The number of methoxy groups -OCH3 is 1. The van der Waals surface area contributed by atoms with E-state index in [1.165, 1.54) is 0 Å². The zero-order chi connectivity index (χ0) is 54.4. The summed E-state index contributed by atoms with van der Waals surface area (Å²) in [5.74, 6) is -0.674. The number of likely N-dealkylation sites (tertiary alicyclic amines) is 1. The Bertz CT molecular complexity index is 2280. The predicted octanol–water partition coefficient (Wildman–Crippen LogP) is 10.4. The van der Waals surface area contributed by atoms with Crippen molar-refractivity contribution >= 4 is 18.1 Å². The number of rotatable bonds is 26. The summed E-state index contributed by atoms with van der Waals surface area (Å²) in [5, 5.41) is 18.4. The number of carbonyl (C=O) groups excluding carboxylic acids is 3. The average Bonchev–Trinajstić information content (AvgIpc) is 3.85. The van der Waals surface area contributed by atoms with E-state index in [0.717, 1.165) is 66.7 Å². The minimum atomic E-state index is -4.64. The van der Waals surface area contributed by atoms with Crippen LogP contribution in [0.1, 0.15) is 120 Å². The molecule has 23 heteroatoms. The van der Waals surface area contributed by atoms with E-state index in [1.807, 2.05) is 75.1 Å².